The summed E-state index contributed by atoms with van der Waals surface area (Å²) in [5.41, 5.74) is 6.31. The number of ether oxygens (including phenoxy) is 1. The maximum absolute atomic E-state index is 15.6. The molecule has 0 radical (unpaired) electrons. The minimum Gasteiger partial charge on any atom is -0.481 e. The summed E-state index contributed by atoms with van der Waals surface area (Å²) in [6.07, 6.45) is 5.11. The number of amides is 2. The predicted octanol–water partition coefficient (Wildman–Crippen LogP) is 5.94. The van der Waals surface area contributed by atoms with Gasteiger partial charge in [0.25, 0.3) is 0 Å². The maximum atomic E-state index is 15.6. The van der Waals surface area contributed by atoms with E-state index in [0.717, 1.165) is 30.5 Å². The van der Waals surface area contributed by atoms with Crippen LogP contribution in [0.3, 0.4) is 0 Å². The highest BCUT2D eigenvalue weighted by Gasteiger charge is 2.27. The van der Waals surface area contributed by atoms with Crippen molar-refractivity contribution in [2.75, 3.05) is 26.7 Å². The second-order valence-corrected chi connectivity index (χ2v) is 13.6. The number of rotatable bonds is 10. The number of aromatic nitrogens is 2. The number of halogens is 3. The molecule has 3 aliphatic heterocycles. The molecule has 4 aromatic rings. The Hall–Kier alpha value is -4.09. The van der Waals surface area contributed by atoms with E-state index in [1.165, 1.54) is 6.07 Å². The van der Waals surface area contributed by atoms with Crippen LogP contribution in [-0.2, 0) is 29.1 Å². The third-order valence-corrected chi connectivity index (χ3v) is 10.4. The van der Waals surface area contributed by atoms with E-state index in [4.69, 9.17) is 32.9 Å². The summed E-state index contributed by atoms with van der Waals surface area (Å²) in [7, 11) is 1.58. The molecule has 5 heterocycles. The Kier molecular flexibility index (Phi) is 9.82. The molecule has 2 atom stereocenters. The summed E-state index contributed by atoms with van der Waals surface area (Å²) in [4.78, 5) is 34.7. The summed E-state index contributed by atoms with van der Waals surface area (Å²) in [6, 6.07) is 15.1. The number of methoxy groups -OCH3 is 1. The molecule has 0 bridgehead atoms. The predicted molar refractivity (Wildman–Crippen MR) is 188 cm³/mol. The molecule has 3 aliphatic rings. The van der Waals surface area contributed by atoms with Gasteiger partial charge in [0.15, 0.2) is 0 Å². The topological polar surface area (TPSA) is 108 Å². The van der Waals surface area contributed by atoms with Crippen LogP contribution in [0.4, 0.5) is 4.39 Å². The standard InChI is InChI=1S/C37H37Cl2FN6O3/c1-49-37-22(17-41-18-24-6-9-32(47)43-24)5-8-31(45-37)28-4-2-3-26(34(28)38)27-11-13-42-36(35(27)39)23-15-21-12-14-46(20-29(21)30(40)16-23)19-25-7-10-33(48)44-25/h2-5,8,11,13,15-16,24-25,41H,6-7,9-10,12,14,17-20H2,1H3,(H,43,47)(H,44,48)/t24-,25-/m0/s1. The Balaban J connectivity index is 1.11. The van der Waals surface area contributed by atoms with Gasteiger partial charge in [0.1, 0.15) is 5.82 Å². The van der Waals surface area contributed by atoms with Crippen molar-refractivity contribution in [2.45, 2.75) is 57.3 Å². The highest BCUT2D eigenvalue weighted by atomic mass is 35.5. The van der Waals surface area contributed by atoms with Gasteiger partial charge in [-0.3, -0.25) is 19.5 Å². The molecule has 0 spiro atoms. The monoisotopic (exact) mass is 702 g/mol. The van der Waals surface area contributed by atoms with Crippen LogP contribution in [0.2, 0.25) is 10.0 Å². The van der Waals surface area contributed by atoms with Gasteiger partial charge in [0, 0.05) is 97.2 Å². The zero-order chi connectivity index (χ0) is 34.1. The molecule has 2 saturated heterocycles. The number of benzene rings is 2. The average Bonchev–Trinajstić information content (AvgIpc) is 3.72. The van der Waals surface area contributed by atoms with E-state index in [1.54, 1.807) is 19.4 Å². The fourth-order valence-corrected chi connectivity index (χ4v) is 7.67. The lowest BCUT2D eigenvalue weighted by atomic mass is 9.94. The van der Waals surface area contributed by atoms with Crippen molar-refractivity contribution in [1.29, 1.82) is 0 Å². The lowest BCUT2D eigenvalue weighted by molar-refractivity contribution is -0.120. The highest BCUT2D eigenvalue weighted by molar-refractivity contribution is 6.39. The van der Waals surface area contributed by atoms with E-state index >= 15 is 4.39 Å². The van der Waals surface area contributed by atoms with Gasteiger partial charge in [-0.15, -0.1) is 0 Å². The Bertz CT molecular complexity index is 1920. The van der Waals surface area contributed by atoms with Crippen molar-refractivity contribution in [2.24, 2.45) is 0 Å². The third-order valence-electron chi connectivity index (χ3n) is 9.58. The first-order valence-corrected chi connectivity index (χ1v) is 17.3. The van der Waals surface area contributed by atoms with Crippen LogP contribution in [0.15, 0.2) is 54.7 Å². The number of hydrogen-bond donors (Lipinski definition) is 3. The molecule has 9 nitrogen and oxygen atoms in total. The zero-order valence-electron chi connectivity index (χ0n) is 27.1. The van der Waals surface area contributed by atoms with E-state index < -0.39 is 0 Å². The minimum atomic E-state index is -0.292. The van der Waals surface area contributed by atoms with Gasteiger partial charge >= 0.3 is 0 Å². The largest absolute Gasteiger partial charge is 0.481 e. The van der Waals surface area contributed by atoms with E-state index in [2.05, 4.69) is 25.8 Å². The molecule has 2 aromatic heterocycles. The second-order valence-electron chi connectivity index (χ2n) is 12.9. The number of hydrogen-bond acceptors (Lipinski definition) is 7. The van der Waals surface area contributed by atoms with Crippen molar-refractivity contribution < 1.29 is 18.7 Å². The molecule has 0 aliphatic carbocycles. The Morgan fingerprint density at radius 1 is 0.959 bits per heavy atom. The summed E-state index contributed by atoms with van der Waals surface area (Å²) < 4.78 is 21.3. The Morgan fingerprint density at radius 2 is 1.71 bits per heavy atom. The lowest BCUT2D eigenvalue weighted by Crippen LogP contribution is -2.41. The number of pyridine rings is 2. The number of carbonyl (C=O) groups is 2. The van der Waals surface area contributed by atoms with Crippen LogP contribution in [0.25, 0.3) is 33.6 Å². The molecule has 3 N–H and O–H groups in total. The van der Waals surface area contributed by atoms with Crippen molar-refractivity contribution in [3.05, 3.63) is 87.3 Å². The van der Waals surface area contributed by atoms with Crippen molar-refractivity contribution in [3.63, 3.8) is 0 Å². The fourth-order valence-electron chi connectivity index (χ4n) is 7.03. The van der Waals surface area contributed by atoms with Crippen LogP contribution in [-0.4, -0.2) is 65.5 Å². The highest BCUT2D eigenvalue weighted by Crippen LogP contribution is 2.42. The molecule has 2 fully saturated rings. The van der Waals surface area contributed by atoms with Gasteiger partial charge in [0.05, 0.1) is 28.5 Å². The molecule has 7 rings (SSSR count). The van der Waals surface area contributed by atoms with Gasteiger partial charge in [-0.1, -0.05) is 47.5 Å². The van der Waals surface area contributed by atoms with Gasteiger partial charge in [0.2, 0.25) is 17.7 Å². The van der Waals surface area contributed by atoms with Crippen molar-refractivity contribution in [1.82, 2.24) is 30.8 Å². The normalized spacial score (nSPS) is 19.1. The molecular formula is C37H37Cl2FN6O3. The number of nitrogens with zero attached hydrogens (tertiary/aromatic N) is 3. The Labute approximate surface area is 294 Å². The van der Waals surface area contributed by atoms with Gasteiger partial charge < -0.3 is 20.7 Å². The van der Waals surface area contributed by atoms with Gasteiger partial charge in [-0.25, -0.2) is 9.37 Å². The molecule has 49 heavy (non-hydrogen) atoms. The van der Waals surface area contributed by atoms with Gasteiger partial charge in [-0.05, 0) is 49.1 Å². The van der Waals surface area contributed by atoms with E-state index in [1.807, 2.05) is 36.4 Å². The number of carbonyl (C=O) groups excluding carboxylic acids is 2. The van der Waals surface area contributed by atoms with Crippen LogP contribution >= 0.6 is 23.2 Å². The van der Waals surface area contributed by atoms with Crippen molar-refractivity contribution >= 4 is 35.0 Å². The third kappa shape index (κ3) is 7.14. The average molecular weight is 704 g/mol. The Morgan fingerprint density at radius 3 is 2.47 bits per heavy atom. The summed E-state index contributed by atoms with van der Waals surface area (Å²) in [5.74, 6) is 0.364. The molecule has 2 amide bonds. The quantitative estimate of drug-likeness (QED) is 0.188. The van der Waals surface area contributed by atoms with Crippen LogP contribution in [0.5, 0.6) is 5.88 Å². The van der Waals surface area contributed by atoms with E-state index in [0.29, 0.717) is 101 Å². The smallest absolute Gasteiger partial charge is 0.220 e. The molecule has 0 saturated carbocycles. The van der Waals surface area contributed by atoms with Crippen molar-refractivity contribution in [3.8, 4) is 39.5 Å². The summed E-state index contributed by atoms with van der Waals surface area (Å²) >= 11 is 14.1. The first-order chi connectivity index (χ1) is 23.8. The van der Waals surface area contributed by atoms with E-state index in [9.17, 15) is 9.59 Å². The van der Waals surface area contributed by atoms with Crippen LogP contribution in [0.1, 0.15) is 42.4 Å². The second kappa shape index (κ2) is 14.4. The SMILES string of the molecule is COc1nc(-c2cccc(-c3ccnc(-c4cc(F)c5c(c4)CCN(C[C@@H]4CCC(=O)N4)C5)c3Cl)c2Cl)ccc1CNC[C@@H]1CCC(=O)N1. The summed E-state index contributed by atoms with van der Waals surface area (Å²) in [5, 5.41) is 10.2. The molecular weight excluding hydrogens is 666 g/mol. The van der Waals surface area contributed by atoms with Crippen LogP contribution in [0, 0.1) is 5.82 Å². The first-order valence-electron chi connectivity index (χ1n) is 16.6. The minimum absolute atomic E-state index is 0.0847. The number of fused-ring (bicyclic) bond motifs is 1. The fraction of sp³-hybridized carbons (Fsp3) is 0.351. The van der Waals surface area contributed by atoms with E-state index in [-0.39, 0.29) is 29.7 Å². The molecule has 12 heteroatoms. The van der Waals surface area contributed by atoms with Crippen LogP contribution < -0.4 is 20.7 Å². The van der Waals surface area contributed by atoms with Gasteiger partial charge in [-0.2, -0.15) is 0 Å². The number of nitrogens with one attached hydrogen (secondary N) is 3. The lowest BCUT2D eigenvalue weighted by Gasteiger charge is -2.31. The zero-order valence-corrected chi connectivity index (χ0v) is 28.6. The first kappa shape index (κ1) is 33.4. The molecule has 2 aromatic carbocycles. The maximum Gasteiger partial charge on any atom is 0.220 e. The summed E-state index contributed by atoms with van der Waals surface area (Å²) in [6.45, 7) is 3.19. The molecule has 254 valence electrons. The molecule has 0 unspecified atom stereocenters.